The molecule has 0 unspecified atom stereocenters. The Balaban J connectivity index is 1.67. The number of carboxylic acids is 1. The van der Waals surface area contributed by atoms with Gasteiger partial charge in [-0.3, -0.25) is 4.68 Å². The van der Waals surface area contributed by atoms with Gasteiger partial charge in [0.2, 0.25) is 0 Å². The summed E-state index contributed by atoms with van der Waals surface area (Å²) in [6, 6.07) is 9.46. The van der Waals surface area contributed by atoms with Crippen molar-refractivity contribution in [2.45, 2.75) is 19.6 Å². The fraction of sp³-hybridized carbons (Fsp3) is 0.312. The van der Waals surface area contributed by atoms with Crippen LogP contribution in [-0.2, 0) is 31.4 Å². The SMILES string of the molecule is Cn1nc(C(=O)O)c2c1CN(C(=O)OCc1ccccc1)CC2. The highest BCUT2D eigenvalue weighted by Crippen LogP contribution is 2.22. The van der Waals surface area contributed by atoms with Crippen LogP contribution >= 0.6 is 0 Å². The minimum Gasteiger partial charge on any atom is -0.476 e. The zero-order valence-corrected chi connectivity index (χ0v) is 12.7. The lowest BCUT2D eigenvalue weighted by molar-refractivity contribution is 0.0688. The zero-order valence-electron chi connectivity index (χ0n) is 12.7. The molecule has 0 fully saturated rings. The van der Waals surface area contributed by atoms with Gasteiger partial charge < -0.3 is 14.7 Å². The lowest BCUT2D eigenvalue weighted by Gasteiger charge is -2.26. The summed E-state index contributed by atoms with van der Waals surface area (Å²) in [5.41, 5.74) is 2.43. The Morgan fingerprint density at radius 2 is 2.04 bits per heavy atom. The molecule has 120 valence electrons. The van der Waals surface area contributed by atoms with Crippen molar-refractivity contribution in [1.82, 2.24) is 14.7 Å². The first-order valence-electron chi connectivity index (χ1n) is 7.30. The van der Waals surface area contributed by atoms with E-state index in [4.69, 9.17) is 9.84 Å². The molecule has 1 N–H and O–H groups in total. The van der Waals surface area contributed by atoms with Crippen LogP contribution in [-0.4, -0.2) is 38.4 Å². The number of aryl methyl sites for hydroxylation is 1. The largest absolute Gasteiger partial charge is 0.476 e. The van der Waals surface area contributed by atoms with Gasteiger partial charge in [0.1, 0.15) is 6.61 Å². The van der Waals surface area contributed by atoms with Crippen LogP contribution in [0.4, 0.5) is 4.79 Å². The lowest BCUT2D eigenvalue weighted by atomic mass is 10.0. The van der Waals surface area contributed by atoms with E-state index < -0.39 is 12.1 Å². The maximum absolute atomic E-state index is 12.2. The Morgan fingerprint density at radius 1 is 1.30 bits per heavy atom. The molecule has 2 heterocycles. The van der Waals surface area contributed by atoms with E-state index in [0.717, 1.165) is 11.3 Å². The van der Waals surface area contributed by atoms with Gasteiger partial charge in [0.05, 0.1) is 12.2 Å². The number of ether oxygens (including phenoxy) is 1. The number of hydrogen-bond donors (Lipinski definition) is 1. The molecule has 3 rings (SSSR count). The third kappa shape index (κ3) is 3.03. The lowest BCUT2D eigenvalue weighted by Crippen LogP contribution is -2.37. The number of amides is 1. The summed E-state index contributed by atoms with van der Waals surface area (Å²) in [5, 5.41) is 13.2. The van der Waals surface area contributed by atoms with Crippen LogP contribution in [0.1, 0.15) is 27.3 Å². The molecule has 23 heavy (non-hydrogen) atoms. The number of carboxylic acid groups (broad SMARTS) is 1. The standard InChI is InChI=1S/C16H17N3O4/c1-18-13-9-19(8-7-12(13)14(17-18)15(20)21)16(22)23-10-11-5-3-2-4-6-11/h2-6H,7-10H2,1H3,(H,20,21). The predicted octanol–water partition coefficient (Wildman–Crippen LogP) is 1.81. The fourth-order valence-corrected chi connectivity index (χ4v) is 2.71. The molecular formula is C16H17N3O4. The molecular weight excluding hydrogens is 298 g/mol. The molecule has 7 heteroatoms. The molecule has 0 saturated heterocycles. The first-order valence-corrected chi connectivity index (χ1v) is 7.30. The Labute approximate surface area is 133 Å². The second kappa shape index (κ2) is 6.12. The molecule has 0 saturated carbocycles. The van der Waals surface area contributed by atoms with Gasteiger partial charge in [-0.1, -0.05) is 30.3 Å². The van der Waals surface area contributed by atoms with Crippen LogP contribution in [0, 0.1) is 0 Å². The number of aromatic carboxylic acids is 1. The van der Waals surface area contributed by atoms with E-state index >= 15 is 0 Å². The molecule has 1 aliphatic heterocycles. The summed E-state index contributed by atoms with van der Waals surface area (Å²) in [4.78, 5) is 24.9. The highest BCUT2D eigenvalue weighted by atomic mass is 16.6. The maximum Gasteiger partial charge on any atom is 0.410 e. The van der Waals surface area contributed by atoms with Crippen LogP contribution in [0.25, 0.3) is 0 Å². The van der Waals surface area contributed by atoms with Gasteiger partial charge in [-0.2, -0.15) is 5.10 Å². The van der Waals surface area contributed by atoms with E-state index in [9.17, 15) is 9.59 Å². The normalized spacial score (nSPS) is 13.5. The Kier molecular flexibility index (Phi) is 4.01. The van der Waals surface area contributed by atoms with Gasteiger partial charge in [0.15, 0.2) is 5.69 Å². The highest BCUT2D eigenvalue weighted by molar-refractivity contribution is 5.87. The molecule has 1 amide bonds. The summed E-state index contributed by atoms with van der Waals surface area (Å²) in [7, 11) is 1.68. The van der Waals surface area contributed by atoms with E-state index in [-0.39, 0.29) is 12.3 Å². The fourth-order valence-electron chi connectivity index (χ4n) is 2.71. The number of nitrogens with zero attached hydrogens (tertiary/aromatic N) is 3. The summed E-state index contributed by atoms with van der Waals surface area (Å²) in [6.45, 7) is 0.946. The van der Waals surface area contributed by atoms with E-state index in [2.05, 4.69) is 5.10 Å². The monoisotopic (exact) mass is 315 g/mol. The van der Waals surface area contributed by atoms with Crippen molar-refractivity contribution < 1.29 is 19.4 Å². The second-order valence-electron chi connectivity index (χ2n) is 5.41. The minimum atomic E-state index is -1.04. The van der Waals surface area contributed by atoms with Gasteiger partial charge >= 0.3 is 12.1 Å². The van der Waals surface area contributed by atoms with Crippen LogP contribution in [0.15, 0.2) is 30.3 Å². The number of hydrogen-bond acceptors (Lipinski definition) is 4. The van der Waals surface area contributed by atoms with Crippen molar-refractivity contribution >= 4 is 12.1 Å². The predicted molar refractivity (Wildman–Crippen MR) is 80.9 cm³/mol. The third-order valence-electron chi connectivity index (χ3n) is 3.91. The number of carbonyl (C=O) groups is 2. The van der Waals surface area contributed by atoms with E-state index in [0.29, 0.717) is 25.1 Å². The highest BCUT2D eigenvalue weighted by Gasteiger charge is 2.29. The summed E-state index contributed by atoms with van der Waals surface area (Å²) < 4.78 is 6.84. The first kappa shape index (κ1) is 15.1. The first-order chi connectivity index (χ1) is 11.1. The van der Waals surface area contributed by atoms with E-state index in [1.54, 1.807) is 11.9 Å². The molecule has 0 radical (unpaired) electrons. The van der Waals surface area contributed by atoms with Gasteiger partial charge in [0, 0.05) is 19.2 Å². The minimum absolute atomic E-state index is 0.0693. The molecule has 0 spiro atoms. The molecule has 0 bridgehead atoms. The van der Waals surface area contributed by atoms with Crippen molar-refractivity contribution in [2.75, 3.05) is 6.54 Å². The molecule has 1 aliphatic rings. The molecule has 1 aromatic carbocycles. The Morgan fingerprint density at radius 3 is 2.74 bits per heavy atom. The van der Waals surface area contributed by atoms with Crippen molar-refractivity contribution in [3.05, 3.63) is 52.8 Å². The molecule has 0 aliphatic carbocycles. The number of rotatable bonds is 3. The van der Waals surface area contributed by atoms with Gasteiger partial charge in [-0.25, -0.2) is 9.59 Å². The summed E-state index contributed by atoms with van der Waals surface area (Å²) in [6.07, 6.45) is 0.0585. The Hall–Kier alpha value is -2.83. The average Bonchev–Trinajstić information content (AvgIpc) is 2.90. The van der Waals surface area contributed by atoms with Crippen LogP contribution in [0.5, 0.6) is 0 Å². The van der Waals surface area contributed by atoms with Crippen molar-refractivity contribution in [3.8, 4) is 0 Å². The second-order valence-corrected chi connectivity index (χ2v) is 5.41. The van der Waals surface area contributed by atoms with Crippen molar-refractivity contribution in [2.24, 2.45) is 7.05 Å². The zero-order chi connectivity index (χ0) is 16.4. The number of aromatic nitrogens is 2. The quantitative estimate of drug-likeness (QED) is 0.934. The average molecular weight is 315 g/mol. The topological polar surface area (TPSA) is 84.7 Å². The number of carbonyl (C=O) groups excluding carboxylic acids is 1. The smallest absolute Gasteiger partial charge is 0.410 e. The van der Waals surface area contributed by atoms with Crippen LogP contribution < -0.4 is 0 Å². The van der Waals surface area contributed by atoms with Gasteiger partial charge in [0.25, 0.3) is 0 Å². The van der Waals surface area contributed by atoms with Crippen molar-refractivity contribution in [3.63, 3.8) is 0 Å². The molecule has 1 aromatic heterocycles. The maximum atomic E-state index is 12.2. The molecule has 2 aromatic rings. The molecule has 0 atom stereocenters. The third-order valence-corrected chi connectivity index (χ3v) is 3.91. The number of fused-ring (bicyclic) bond motifs is 1. The van der Waals surface area contributed by atoms with Crippen molar-refractivity contribution in [1.29, 1.82) is 0 Å². The van der Waals surface area contributed by atoms with Gasteiger partial charge in [-0.05, 0) is 12.0 Å². The molecule has 7 nitrogen and oxygen atoms in total. The summed E-state index contributed by atoms with van der Waals surface area (Å²) >= 11 is 0. The van der Waals surface area contributed by atoms with Crippen LogP contribution in [0.3, 0.4) is 0 Å². The van der Waals surface area contributed by atoms with Gasteiger partial charge in [-0.15, -0.1) is 0 Å². The number of benzene rings is 1. The van der Waals surface area contributed by atoms with E-state index in [1.807, 2.05) is 30.3 Å². The Bertz CT molecular complexity index is 739. The summed E-state index contributed by atoms with van der Waals surface area (Å²) in [5.74, 6) is -1.04. The van der Waals surface area contributed by atoms with E-state index in [1.165, 1.54) is 4.68 Å². The van der Waals surface area contributed by atoms with Crippen LogP contribution in [0.2, 0.25) is 0 Å².